The standard InChI is InChI=1S/C23H28N4O/c1-3-6-20-22(27-14-5-4-7-21(27)25-20)23(28)24-18-8-10-19(11-9-18)26-15-12-17(2)13-16-26/h4-5,7-11,14,17H,3,6,12-13,15-16H2,1-2H3,(H,24,28). The number of anilines is 2. The first-order valence-electron chi connectivity index (χ1n) is 10.3. The quantitative estimate of drug-likeness (QED) is 0.697. The molecule has 146 valence electrons. The van der Waals surface area contributed by atoms with E-state index in [1.54, 1.807) is 0 Å². The van der Waals surface area contributed by atoms with Gasteiger partial charge in [0, 0.05) is 30.7 Å². The second-order valence-electron chi connectivity index (χ2n) is 7.76. The van der Waals surface area contributed by atoms with E-state index >= 15 is 0 Å². The van der Waals surface area contributed by atoms with Crippen LogP contribution >= 0.6 is 0 Å². The molecule has 0 bridgehead atoms. The first kappa shape index (κ1) is 18.5. The van der Waals surface area contributed by atoms with Crippen molar-refractivity contribution in [2.24, 2.45) is 5.92 Å². The number of nitrogens with zero attached hydrogens (tertiary/aromatic N) is 3. The van der Waals surface area contributed by atoms with E-state index in [2.05, 4.69) is 41.2 Å². The number of hydrogen-bond donors (Lipinski definition) is 1. The number of fused-ring (bicyclic) bond motifs is 1. The number of benzene rings is 1. The van der Waals surface area contributed by atoms with E-state index in [1.165, 1.54) is 18.5 Å². The average molecular weight is 377 g/mol. The lowest BCUT2D eigenvalue weighted by molar-refractivity contribution is 0.102. The summed E-state index contributed by atoms with van der Waals surface area (Å²) in [6, 6.07) is 14.0. The van der Waals surface area contributed by atoms with Crippen LogP contribution in [0, 0.1) is 5.92 Å². The van der Waals surface area contributed by atoms with Crippen molar-refractivity contribution in [2.45, 2.75) is 39.5 Å². The Morgan fingerprint density at radius 3 is 2.61 bits per heavy atom. The third kappa shape index (κ3) is 3.75. The van der Waals surface area contributed by atoms with Gasteiger partial charge in [0.25, 0.3) is 5.91 Å². The van der Waals surface area contributed by atoms with Crippen molar-refractivity contribution in [1.82, 2.24) is 9.38 Å². The fraction of sp³-hybridized carbons (Fsp3) is 0.391. The Hall–Kier alpha value is -2.82. The molecule has 1 aliphatic heterocycles. The summed E-state index contributed by atoms with van der Waals surface area (Å²) in [7, 11) is 0. The van der Waals surface area contributed by atoms with Crippen molar-refractivity contribution in [1.29, 1.82) is 0 Å². The van der Waals surface area contributed by atoms with Crippen LogP contribution in [-0.2, 0) is 6.42 Å². The predicted molar refractivity (Wildman–Crippen MR) is 114 cm³/mol. The van der Waals surface area contributed by atoms with E-state index in [0.29, 0.717) is 5.69 Å². The molecule has 0 radical (unpaired) electrons. The number of aromatic nitrogens is 2. The maximum atomic E-state index is 13.0. The van der Waals surface area contributed by atoms with Crippen LogP contribution in [0.2, 0.25) is 0 Å². The zero-order chi connectivity index (χ0) is 19.5. The Kier molecular flexibility index (Phi) is 5.33. The molecule has 0 saturated carbocycles. The molecule has 4 rings (SSSR count). The highest BCUT2D eigenvalue weighted by molar-refractivity contribution is 6.04. The highest BCUT2D eigenvalue weighted by Gasteiger charge is 2.19. The third-order valence-corrected chi connectivity index (χ3v) is 5.58. The van der Waals surface area contributed by atoms with Crippen LogP contribution in [0.15, 0.2) is 48.7 Å². The lowest BCUT2D eigenvalue weighted by atomic mass is 9.99. The Bertz CT molecular complexity index is 952. The number of hydrogen-bond acceptors (Lipinski definition) is 3. The molecule has 28 heavy (non-hydrogen) atoms. The van der Waals surface area contributed by atoms with E-state index in [1.807, 2.05) is 40.9 Å². The summed E-state index contributed by atoms with van der Waals surface area (Å²) in [6.07, 6.45) is 6.13. The molecule has 3 aromatic rings. The topological polar surface area (TPSA) is 49.6 Å². The highest BCUT2D eigenvalue weighted by atomic mass is 16.2. The highest BCUT2D eigenvalue weighted by Crippen LogP contribution is 2.25. The summed E-state index contributed by atoms with van der Waals surface area (Å²) in [5, 5.41) is 3.05. The minimum atomic E-state index is -0.110. The predicted octanol–water partition coefficient (Wildman–Crippen LogP) is 4.78. The molecule has 2 aromatic heterocycles. The summed E-state index contributed by atoms with van der Waals surface area (Å²) in [5.41, 5.74) is 4.33. The van der Waals surface area contributed by atoms with Gasteiger partial charge in [-0.25, -0.2) is 4.98 Å². The summed E-state index contributed by atoms with van der Waals surface area (Å²) in [6.45, 7) is 6.64. The van der Waals surface area contributed by atoms with Gasteiger partial charge in [-0.15, -0.1) is 0 Å². The number of nitrogens with one attached hydrogen (secondary N) is 1. The van der Waals surface area contributed by atoms with Crippen molar-refractivity contribution in [2.75, 3.05) is 23.3 Å². The number of imidazole rings is 1. The number of pyridine rings is 1. The van der Waals surface area contributed by atoms with E-state index in [4.69, 9.17) is 0 Å². The van der Waals surface area contributed by atoms with Gasteiger partial charge in [-0.05, 0) is 61.6 Å². The molecule has 1 aliphatic rings. The normalized spacial score (nSPS) is 15.1. The molecule has 0 spiro atoms. The molecule has 5 heteroatoms. The van der Waals surface area contributed by atoms with Gasteiger partial charge in [0.1, 0.15) is 11.3 Å². The SMILES string of the molecule is CCCc1nc2ccccn2c1C(=O)Nc1ccc(N2CCC(C)CC2)cc1. The number of piperidine rings is 1. The Balaban J connectivity index is 1.52. The molecule has 0 unspecified atom stereocenters. The smallest absolute Gasteiger partial charge is 0.274 e. The third-order valence-electron chi connectivity index (χ3n) is 5.58. The number of carbonyl (C=O) groups is 1. The maximum absolute atomic E-state index is 13.0. The van der Waals surface area contributed by atoms with Crippen LogP contribution in [-0.4, -0.2) is 28.4 Å². The Labute approximate surface area is 166 Å². The lowest BCUT2D eigenvalue weighted by Gasteiger charge is -2.32. The van der Waals surface area contributed by atoms with Gasteiger partial charge in [0.05, 0.1) is 5.69 Å². The maximum Gasteiger partial charge on any atom is 0.274 e. The van der Waals surface area contributed by atoms with E-state index in [0.717, 1.165) is 48.9 Å². The second-order valence-corrected chi connectivity index (χ2v) is 7.76. The van der Waals surface area contributed by atoms with Gasteiger partial charge in [-0.3, -0.25) is 9.20 Å². The Morgan fingerprint density at radius 2 is 1.89 bits per heavy atom. The molecule has 5 nitrogen and oxygen atoms in total. The van der Waals surface area contributed by atoms with Crippen LogP contribution < -0.4 is 10.2 Å². The molecule has 0 atom stereocenters. The molecule has 0 aliphatic carbocycles. The number of carbonyl (C=O) groups excluding carboxylic acids is 1. The molecule has 1 N–H and O–H groups in total. The molecule has 1 saturated heterocycles. The number of aryl methyl sites for hydroxylation is 1. The van der Waals surface area contributed by atoms with Gasteiger partial charge in [-0.1, -0.05) is 26.3 Å². The molecular formula is C23H28N4O. The van der Waals surface area contributed by atoms with Gasteiger partial charge >= 0.3 is 0 Å². The van der Waals surface area contributed by atoms with Gasteiger partial charge < -0.3 is 10.2 Å². The fourth-order valence-corrected chi connectivity index (χ4v) is 3.91. The molecule has 1 fully saturated rings. The molecule has 1 amide bonds. The minimum absolute atomic E-state index is 0.110. The van der Waals surface area contributed by atoms with Crippen LogP contribution in [0.1, 0.15) is 49.3 Å². The van der Waals surface area contributed by atoms with E-state index in [9.17, 15) is 4.79 Å². The van der Waals surface area contributed by atoms with Gasteiger partial charge in [0.2, 0.25) is 0 Å². The minimum Gasteiger partial charge on any atom is -0.372 e. The van der Waals surface area contributed by atoms with Gasteiger partial charge in [-0.2, -0.15) is 0 Å². The molecular weight excluding hydrogens is 348 g/mol. The molecule has 3 heterocycles. The first-order valence-corrected chi connectivity index (χ1v) is 10.3. The van der Waals surface area contributed by atoms with Crippen molar-refractivity contribution in [3.05, 3.63) is 60.0 Å². The number of amides is 1. The van der Waals surface area contributed by atoms with Gasteiger partial charge in [0.15, 0.2) is 0 Å². The van der Waals surface area contributed by atoms with E-state index in [-0.39, 0.29) is 5.91 Å². The average Bonchev–Trinajstić information content (AvgIpc) is 3.07. The Morgan fingerprint density at radius 1 is 1.14 bits per heavy atom. The summed E-state index contributed by atoms with van der Waals surface area (Å²) >= 11 is 0. The van der Waals surface area contributed by atoms with Crippen LogP contribution in [0.25, 0.3) is 5.65 Å². The fourth-order valence-electron chi connectivity index (χ4n) is 3.91. The van der Waals surface area contributed by atoms with Crippen molar-refractivity contribution in [3.63, 3.8) is 0 Å². The van der Waals surface area contributed by atoms with Crippen molar-refractivity contribution < 1.29 is 4.79 Å². The first-order chi connectivity index (χ1) is 13.7. The summed E-state index contributed by atoms with van der Waals surface area (Å²) < 4.78 is 1.88. The van der Waals surface area contributed by atoms with Crippen molar-refractivity contribution >= 4 is 22.9 Å². The number of rotatable bonds is 5. The monoisotopic (exact) mass is 376 g/mol. The summed E-state index contributed by atoms with van der Waals surface area (Å²) in [5.74, 6) is 0.708. The van der Waals surface area contributed by atoms with Crippen molar-refractivity contribution in [3.8, 4) is 0 Å². The zero-order valence-corrected chi connectivity index (χ0v) is 16.7. The lowest BCUT2D eigenvalue weighted by Crippen LogP contribution is -2.32. The largest absolute Gasteiger partial charge is 0.372 e. The van der Waals surface area contributed by atoms with E-state index < -0.39 is 0 Å². The molecule has 1 aromatic carbocycles. The van der Waals surface area contributed by atoms with Crippen LogP contribution in [0.5, 0.6) is 0 Å². The summed E-state index contributed by atoms with van der Waals surface area (Å²) in [4.78, 5) is 20.1. The zero-order valence-electron chi connectivity index (χ0n) is 16.7. The van der Waals surface area contributed by atoms with Crippen LogP contribution in [0.4, 0.5) is 11.4 Å². The van der Waals surface area contributed by atoms with Crippen LogP contribution in [0.3, 0.4) is 0 Å². The second kappa shape index (κ2) is 8.05.